The number of rotatable bonds is 3. The van der Waals surface area contributed by atoms with E-state index in [1.165, 1.54) is 25.6 Å². The van der Waals surface area contributed by atoms with Gasteiger partial charge in [-0.05, 0) is 18.8 Å². The van der Waals surface area contributed by atoms with Gasteiger partial charge in [0.25, 0.3) is 0 Å². The average molecular weight is 312 g/mol. The Morgan fingerprint density at radius 3 is 2.29 bits per heavy atom. The normalized spacial score (nSPS) is 15.9. The van der Waals surface area contributed by atoms with Crippen molar-refractivity contribution >= 4 is 34.0 Å². The van der Waals surface area contributed by atoms with Crippen molar-refractivity contribution in [3.8, 4) is 0 Å². The van der Waals surface area contributed by atoms with Gasteiger partial charge in [-0.15, -0.1) is 11.3 Å². The van der Waals surface area contributed by atoms with Crippen LogP contribution in [0.15, 0.2) is 0 Å². The Labute approximate surface area is 127 Å². The maximum atomic E-state index is 12.0. The number of methoxy groups -OCH3 is 2. The van der Waals surface area contributed by atoms with Crippen LogP contribution in [0.3, 0.4) is 0 Å². The predicted molar refractivity (Wildman–Crippen MR) is 82.0 cm³/mol. The minimum Gasteiger partial charge on any atom is -0.465 e. The van der Waals surface area contributed by atoms with E-state index in [2.05, 4.69) is 11.8 Å². The maximum absolute atomic E-state index is 12.0. The van der Waals surface area contributed by atoms with Gasteiger partial charge in [-0.3, -0.25) is 0 Å². The first-order chi connectivity index (χ1) is 9.99. The SMILES string of the molecule is COC(=O)c1sc(N2CCC(C)CC2)c(C(=O)OC)c1N. The monoisotopic (exact) mass is 312 g/mol. The number of carbonyl (C=O) groups excluding carboxylic acids is 2. The fraction of sp³-hybridized carbons (Fsp3) is 0.571. The zero-order valence-electron chi connectivity index (χ0n) is 12.5. The van der Waals surface area contributed by atoms with Crippen molar-refractivity contribution in [2.24, 2.45) is 5.92 Å². The molecular formula is C14H20N2O4S. The molecule has 1 aliphatic rings. The molecular weight excluding hydrogens is 292 g/mol. The van der Waals surface area contributed by atoms with Gasteiger partial charge in [0.1, 0.15) is 15.4 Å². The van der Waals surface area contributed by atoms with E-state index in [1.54, 1.807) is 0 Å². The maximum Gasteiger partial charge on any atom is 0.350 e. The van der Waals surface area contributed by atoms with Gasteiger partial charge < -0.3 is 20.1 Å². The molecule has 2 heterocycles. The van der Waals surface area contributed by atoms with Crippen molar-refractivity contribution in [2.45, 2.75) is 19.8 Å². The van der Waals surface area contributed by atoms with Crippen LogP contribution >= 0.6 is 11.3 Å². The van der Waals surface area contributed by atoms with E-state index in [9.17, 15) is 9.59 Å². The summed E-state index contributed by atoms with van der Waals surface area (Å²) >= 11 is 1.20. The van der Waals surface area contributed by atoms with Crippen LogP contribution in [-0.2, 0) is 9.47 Å². The lowest BCUT2D eigenvalue weighted by Gasteiger charge is -2.31. The molecule has 0 aromatic carbocycles. The third-order valence-corrected chi connectivity index (χ3v) is 5.00. The molecule has 1 fully saturated rings. The Morgan fingerprint density at radius 2 is 1.76 bits per heavy atom. The minimum absolute atomic E-state index is 0.146. The third kappa shape index (κ3) is 2.97. The third-order valence-electron chi connectivity index (χ3n) is 3.76. The summed E-state index contributed by atoms with van der Waals surface area (Å²) in [6, 6.07) is 0. The zero-order chi connectivity index (χ0) is 15.6. The van der Waals surface area contributed by atoms with E-state index in [0.717, 1.165) is 25.9 Å². The lowest BCUT2D eigenvalue weighted by molar-refractivity contribution is 0.0602. The lowest BCUT2D eigenvalue weighted by Crippen LogP contribution is -2.33. The van der Waals surface area contributed by atoms with Gasteiger partial charge in [-0.2, -0.15) is 0 Å². The van der Waals surface area contributed by atoms with Crippen molar-refractivity contribution in [3.05, 3.63) is 10.4 Å². The topological polar surface area (TPSA) is 81.9 Å². The first-order valence-corrected chi connectivity index (χ1v) is 7.65. The Kier molecular flexibility index (Phi) is 4.72. The first-order valence-electron chi connectivity index (χ1n) is 6.83. The number of ether oxygens (including phenoxy) is 2. The molecule has 0 saturated carbocycles. The number of nitrogens with zero attached hydrogens (tertiary/aromatic N) is 1. The number of piperidine rings is 1. The van der Waals surface area contributed by atoms with Gasteiger partial charge in [0, 0.05) is 13.1 Å². The van der Waals surface area contributed by atoms with Crippen molar-refractivity contribution in [1.29, 1.82) is 0 Å². The molecule has 0 unspecified atom stereocenters. The second-order valence-electron chi connectivity index (χ2n) is 5.18. The summed E-state index contributed by atoms with van der Waals surface area (Å²) in [5.41, 5.74) is 6.39. The highest BCUT2D eigenvalue weighted by Crippen LogP contribution is 2.40. The summed E-state index contributed by atoms with van der Waals surface area (Å²) in [7, 11) is 2.60. The van der Waals surface area contributed by atoms with Crippen LogP contribution in [0.5, 0.6) is 0 Å². The Bertz CT molecular complexity index is 547. The summed E-state index contributed by atoms with van der Waals surface area (Å²) in [5.74, 6) is -0.382. The van der Waals surface area contributed by atoms with Gasteiger partial charge in [0.05, 0.1) is 19.9 Å². The highest BCUT2D eigenvalue weighted by atomic mass is 32.1. The standard InChI is InChI=1S/C14H20N2O4S/c1-8-4-6-16(7-5-8)12-9(13(17)19-2)10(15)11(21-12)14(18)20-3/h8H,4-7,15H2,1-3H3. The molecule has 0 aliphatic carbocycles. The number of hydrogen-bond donors (Lipinski definition) is 1. The quantitative estimate of drug-likeness (QED) is 0.861. The van der Waals surface area contributed by atoms with Crippen LogP contribution in [0.2, 0.25) is 0 Å². The van der Waals surface area contributed by atoms with Crippen LogP contribution in [0.25, 0.3) is 0 Å². The van der Waals surface area contributed by atoms with Gasteiger partial charge in [-0.25, -0.2) is 9.59 Å². The van der Waals surface area contributed by atoms with E-state index in [4.69, 9.17) is 15.2 Å². The van der Waals surface area contributed by atoms with Crippen LogP contribution in [-0.4, -0.2) is 39.2 Å². The molecule has 0 amide bonds. The number of hydrogen-bond acceptors (Lipinski definition) is 7. The second kappa shape index (κ2) is 6.34. The smallest absolute Gasteiger partial charge is 0.350 e. The predicted octanol–water partition coefficient (Wildman–Crippen LogP) is 2.14. The van der Waals surface area contributed by atoms with Crippen molar-refractivity contribution in [2.75, 3.05) is 37.9 Å². The molecule has 0 radical (unpaired) electrons. The summed E-state index contributed by atoms with van der Waals surface area (Å²) < 4.78 is 9.53. The summed E-state index contributed by atoms with van der Waals surface area (Å²) in [6.07, 6.45) is 2.10. The summed E-state index contributed by atoms with van der Waals surface area (Å²) in [4.78, 5) is 26.1. The molecule has 2 N–H and O–H groups in total. The van der Waals surface area contributed by atoms with E-state index < -0.39 is 11.9 Å². The number of nitrogen functional groups attached to an aromatic ring is 1. The van der Waals surface area contributed by atoms with Crippen molar-refractivity contribution in [3.63, 3.8) is 0 Å². The molecule has 116 valence electrons. The highest BCUT2D eigenvalue weighted by Gasteiger charge is 2.30. The number of carbonyl (C=O) groups is 2. The van der Waals surface area contributed by atoms with Gasteiger partial charge in [0.2, 0.25) is 0 Å². The molecule has 6 nitrogen and oxygen atoms in total. The fourth-order valence-corrected chi connectivity index (χ4v) is 3.59. The largest absolute Gasteiger partial charge is 0.465 e. The van der Waals surface area contributed by atoms with Crippen LogP contribution < -0.4 is 10.6 Å². The molecule has 2 rings (SSSR count). The molecule has 0 atom stereocenters. The van der Waals surface area contributed by atoms with Gasteiger partial charge in [-0.1, -0.05) is 6.92 Å². The Hall–Kier alpha value is -1.76. The van der Waals surface area contributed by atoms with E-state index in [-0.39, 0.29) is 16.1 Å². The van der Waals surface area contributed by atoms with Crippen LogP contribution in [0.1, 0.15) is 39.8 Å². The number of esters is 2. The van der Waals surface area contributed by atoms with Gasteiger partial charge >= 0.3 is 11.9 Å². The number of anilines is 2. The van der Waals surface area contributed by atoms with Crippen LogP contribution in [0.4, 0.5) is 10.7 Å². The molecule has 21 heavy (non-hydrogen) atoms. The summed E-state index contributed by atoms with van der Waals surface area (Å²) in [6.45, 7) is 3.89. The molecule has 1 saturated heterocycles. The molecule has 1 aromatic heterocycles. The van der Waals surface area contributed by atoms with Gasteiger partial charge in [0.15, 0.2) is 0 Å². The molecule has 1 aliphatic heterocycles. The Morgan fingerprint density at radius 1 is 1.19 bits per heavy atom. The minimum atomic E-state index is -0.528. The summed E-state index contributed by atoms with van der Waals surface area (Å²) in [5, 5.41) is 0.701. The lowest BCUT2D eigenvalue weighted by atomic mass is 9.99. The average Bonchev–Trinajstić information content (AvgIpc) is 2.84. The Balaban J connectivity index is 2.43. The molecule has 7 heteroatoms. The number of nitrogens with two attached hydrogens (primary N) is 1. The fourth-order valence-electron chi connectivity index (χ4n) is 2.41. The van der Waals surface area contributed by atoms with E-state index in [0.29, 0.717) is 10.9 Å². The molecule has 1 aromatic rings. The zero-order valence-corrected chi connectivity index (χ0v) is 13.3. The van der Waals surface area contributed by atoms with Crippen LogP contribution in [0, 0.1) is 5.92 Å². The number of thiophene rings is 1. The molecule has 0 spiro atoms. The van der Waals surface area contributed by atoms with Crippen molar-refractivity contribution in [1.82, 2.24) is 0 Å². The second-order valence-corrected chi connectivity index (χ2v) is 6.18. The highest BCUT2D eigenvalue weighted by molar-refractivity contribution is 7.19. The van der Waals surface area contributed by atoms with Crippen molar-refractivity contribution < 1.29 is 19.1 Å². The first kappa shape index (κ1) is 15.6. The van der Waals surface area contributed by atoms with E-state index >= 15 is 0 Å². The molecule has 0 bridgehead atoms. The van der Waals surface area contributed by atoms with E-state index in [1.807, 2.05) is 0 Å².